The fraction of sp³-hybridized carbons (Fsp3) is 0.348. The molecule has 1 saturated heterocycles. The number of aromatic nitrogens is 2. The number of hydrogen-bond donors (Lipinski definition) is 0. The molecule has 0 amide bonds. The number of hydrogen-bond acceptors (Lipinski definition) is 5. The molecule has 1 fully saturated rings. The minimum Gasteiger partial charge on any atom is -0.497 e. The van der Waals surface area contributed by atoms with Crippen LogP contribution in [0.1, 0.15) is 12.0 Å². The van der Waals surface area contributed by atoms with Crippen LogP contribution in [0.2, 0.25) is 5.02 Å². The van der Waals surface area contributed by atoms with Gasteiger partial charge in [-0.05, 0) is 48.4 Å². The molecule has 0 radical (unpaired) electrons. The summed E-state index contributed by atoms with van der Waals surface area (Å²) in [5.74, 6) is 0.839. The molecule has 3 aromatic rings. The molecule has 0 aliphatic carbocycles. The summed E-state index contributed by atoms with van der Waals surface area (Å²) >= 11 is 6.00. The van der Waals surface area contributed by atoms with Crippen LogP contribution in [0.15, 0.2) is 67.3 Å². The van der Waals surface area contributed by atoms with Crippen molar-refractivity contribution in [3.63, 3.8) is 0 Å². The minimum atomic E-state index is -0.728. The average molecular weight is 465 g/mol. The van der Waals surface area contributed by atoms with Crippen molar-refractivity contribution in [1.29, 1.82) is 0 Å². The van der Waals surface area contributed by atoms with Gasteiger partial charge >= 0.3 is 0 Å². The van der Waals surface area contributed by atoms with Crippen molar-refractivity contribution in [2.24, 2.45) is 0 Å². The Kier molecular flexibility index (Phi) is 8.21. The quantitative estimate of drug-likeness (QED) is 0.455. The van der Waals surface area contributed by atoms with Crippen LogP contribution in [0.25, 0.3) is 0 Å². The molecule has 31 heavy (non-hydrogen) atoms. The Balaban J connectivity index is 0.00000272. The summed E-state index contributed by atoms with van der Waals surface area (Å²) in [6, 6.07) is 15.4. The molecular weight excluding hydrogens is 439 g/mol. The zero-order valence-corrected chi connectivity index (χ0v) is 18.8. The molecule has 8 heteroatoms. The minimum absolute atomic E-state index is 0. The Morgan fingerprint density at radius 2 is 1.87 bits per heavy atom. The van der Waals surface area contributed by atoms with Crippen LogP contribution < -0.4 is 9.47 Å². The summed E-state index contributed by atoms with van der Waals surface area (Å²) in [6.07, 6.45) is 6.83. The van der Waals surface area contributed by atoms with Gasteiger partial charge in [0.05, 0.1) is 26.6 Å². The van der Waals surface area contributed by atoms with Gasteiger partial charge in [0.1, 0.15) is 24.2 Å². The normalized spacial score (nSPS) is 20.3. The molecule has 2 heterocycles. The highest BCUT2D eigenvalue weighted by atomic mass is 35.5. The second-order valence-electron chi connectivity index (χ2n) is 7.31. The van der Waals surface area contributed by atoms with Crippen LogP contribution in [0.3, 0.4) is 0 Å². The number of imidazole rings is 1. The fourth-order valence-corrected chi connectivity index (χ4v) is 3.62. The third kappa shape index (κ3) is 6.37. The molecule has 4 rings (SSSR count). The molecule has 0 saturated carbocycles. The molecular formula is C23H26Cl2N2O4. The smallest absolute Gasteiger partial charge is 0.187 e. The van der Waals surface area contributed by atoms with Crippen molar-refractivity contribution < 1.29 is 18.9 Å². The second kappa shape index (κ2) is 10.9. The summed E-state index contributed by atoms with van der Waals surface area (Å²) in [5, 5.41) is 0.732. The third-order valence-electron chi connectivity index (χ3n) is 5.10. The van der Waals surface area contributed by atoms with E-state index in [0.717, 1.165) is 22.9 Å². The van der Waals surface area contributed by atoms with Crippen molar-refractivity contribution in [3.8, 4) is 11.5 Å². The first kappa shape index (κ1) is 23.4. The molecule has 6 nitrogen and oxygen atoms in total. The average Bonchev–Trinajstić information content (AvgIpc) is 3.43. The third-order valence-corrected chi connectivity index (χ3v) is 5.35. The lowest BCUT2D eigenvalue weighted by atomic mass is 10.0. The van der Waals surface area contributed by atoms with E-state index in [9.17, 15) is 0 Å². The van der Waals surface area contributed by atoms with Gasteiger partial charge in [-0.25, -0.2) is 4.98 Å². The van der Waals surface area contributed by atoms with E-state index in [1.165, 1.54) is 5.56 Å². The van der Waals surface area contributed by atoms with Gasteiger partial charge in [0.2, 0.25) is 0 Å². The van der Waals surface area contributed by atoms with Crippen LogP contribution in [0, 0.1) is 0 Å². The van der Waals surface area contributed by atoms with Crippen LogP contribution in [0.4, 0.5) is 0 Å². The second-order valence-corrected chi connectivity index (χ2v) is 7.75. The van der Waals surface area contributed by atoms with Gasteiger partial charge in [-0.1, -0.05) is 23.7 Å². The Hall–Kier alpha value is -2.25. The Bertz CT molecular complexity index is 920. The maximum atomic E-state index is 6.39. The van der Waals surface area contributed by atoms with E-state index >= 15 is 0 Å². The van der Waals surface area contributed by atoms with Gasteiger partial charge in [0.15, 0.2) is 5.79 Å². The largest absolute Gasteiger partial charge is 0.497 e. The van der Waals surface area contributed by atoms with E-state index in [4.69, 9.17) is 30.5 Å². The topological polar surface area (TPSA) is 54.7 Å². The summed E-state index contributed by atoms with van der Waals surface area (Å²) in [5.41, 5.74) is 1.19. The molecule has 0 unspecified atom stereocenters. The lowest BCUT2D eigenvalue weighted by molar-refractivity contribution is -0.184. The van der Waals surface area contributed by atoms with Crippen LogP contribution in [-0.2, 0) is 22.4 Å². The van der Waals surface area contributed by atoms with E-state index in [1.807, 2.05) is 59.3 Å². The number of rotatable bonds is 9. The highest BCUT2D eigenvalue weighted by Crippen LogP contribution is 2.31. The Labute approximate surface area is 193 Å². The van der Waals surface area contributed by atoms with Crippen LogP contribution in [-0.4, -0.2) is 41.8 Å². The van der Waals surface area contributed by atoms with E-state index < -0.39 is 5.79 Å². The lowest BCUT2D eigenvalue weighted by Crippen LogP contribution is -2.37. The molecule has 0 bridgehead atoms. The van der Waals surface area contributed by atoms with E-state index in [0.29, 0.717) is 26.2 Å². The van der Waals surface area contributed by atoms with E-state index in [1.54, 1.807) is 19.6 Å². The summed E-state index contributed by atoms with van der Waals surface area (Å²) < 4.78 is 25.6. The van der Waals surface area contributed by atoms with E-state index in [-0.39, 0.29) is 18.5 Å². The van der Waals surface area contributed by atoms with Crippen molar-refractivity contribution in [1.82, 2.24) is 9.55 Å². The zero-order valence-electron chi connectivity index (χ0n) is 17.3. The molecule has 1 aliphatic heterocycles. The molecule has 2 aromatic carbocycles. The first-order valence-electron chi connectivity index (χ1n) is 9.93. The summed E-state index contributed by atoms with van der Waals surface area (Å²) in [4.78, 5) is 4.13. The van der Waals surface area contributed by atoms with Gasteiger partial charge in [0.25, 0.3) is 0 Å². The van der Waals surface area contributed by atoms with Gasteiger partial charge in [-0.2, -0.15) is 0 Å². The predicted octanol–water partition coefficient (Wildman–Crippen LogP) is 4.79. The molecule has 1 aromatic heterocycles. The van der Waals surface area contributed by atoms with Gasteiger partial charge in [-0.3, -0.25) is 0 Å². The molecule has 0 N–H and O–H groups in total. The number of benzene rings is 2. The first-order chi connectivity index (χ1) is 14.6. The van der Waals surface area contributed by atoms with Crippen molar-refractivity contribution in [2.45, 2.75) is 31.3 Å². The number of ether oxygens (including phenoxy) is 4. The van der Waals surface area contributed by atoms with Gasteiger partial charge < -0.3 is 23.5 Å². The highest BCUT2D eigenvalue weighted by Gasteiger charge is 2.42. The standard InChI is InChI=1S/C23H25ClN2O4.ClH/c1-27-20-6-8-21(9-7-20)28-14-22-15-29-23(30-22,16-26-13-12-25-17-26)11-10-18-2-4-19(24)5-3-18;/h2-9,12-13,17,22H,10-11,14-16H2,1H3;1H/t22-,23-;/m0./s1. The molecule has 2 atom stereocenters. The molecule has 166 valence electrons. The van der Waals surface area contributed by atoms with Crippen LogP contribution >= 0.6 is 24.0 Å². The Morgan fingerprint density at radius 3 is 2.55 bits per heavy atom. The fourth-order valence-electron chi connectivity index (χ4n) is 3.50. The van der Waals surface area contributed by atoms with E-state index in [2.05, 4.69) is 4.98 Å². The number of nitrogens with zero attached hydrogens (tertiary/aromatic N) is 2. The number of aryl methyl sites for hydroxylation is 1. The summed E-state index contributed by atoms with van der Waals surface area (Å²) in [7, 11) is 1.64. The zero-order chi connectivity index (χ0) is 20.8. The lowest BCUT2D eigenvalue weighted by Gasteiger charge is -2.28. The first-order valence-corrected chi connectivity index (χ1v) is 10.3. The van der Waals surface area contributed by atoms with Crippen LogP contribution in [0.5, 0.6) is 11.5 Å². The number of methoxy groups -OCH3 is 1. The molecule has 0 spiro atoms. The monoisotopic (exact) mass is 464 g/mol. The number of halogens is 2. The van der Waals surface area contributed by atoms with Crippen molar-refractivity contribution in [2.75, 3.05) is 20.3 Å². The predicted molar refractivity (Wildman–Crippen MR) is 121 cm³/mol. The SMILES string of the molecule is COc1ccc(OC[C@H]2CO[C@](CCc3ccc(Cl)cc3)(Cn3ccnc3)O2)cc1.Cl. The van der Waals surface area contributed by atoms with Crippen molar-refractivity contribution >= 4 is 24.0 Å². The Morgan fingerprint density at radius 1 is 1.13 bits per heavy atom. The van der Waals surface area contributed by atoms with Gasteiger partial charge in [0, 0.05) is 23.8 Å². The molecule has 1 aliphatic rings. The maximum absolute atomic E-state index is 6.39. The van der Waals surface area contributed by atoms with Crippen molar-refractivity contribution in [3.05, 3.63) is 77.8 Å². The summed E-state index contributed by atoms with van der Waals surface area (Å²) in [6.45, 7) is 1.46. The highest BCUT2D eigenvalue weighted by molar-refractivity contribution is 6.30. The maximum Gasteiger partial charge on any atom is 0.187 e. The van der Waals surface area contributed by atoms with Gasteiger partial charge in [-0.15, -0.1) is 12.4 Å².